The summed E-state index contributed by atoms with van der Waals surface area (Å²) >= 11 is 1.63. The SMILES string of the molecule is COC(C)(C)CCC(O)c1sccc1C. The maximum absolute atomic E-state index is 10.0. The number of hydrogen-bond donors (Lipinski definition) is 1. The molecule has 0 fully saturated rings. The first-order valence-corrected chi connectivity index (χ1v) is 6.11. The van der Waals surface area contributed by atoms with Gasteiger partial charge in [0.15, 0.2) is 0 Å². The molecular weight excluding hydrogens is 208 g/mol. The maximum atomic E-state index is 10.0. The predicted molar refractivity (Wildman–Crippen MR) is 64.3 cm³/mol. The van der Waals surface area contributed by atoms with E-state index in [1.54, 1.807) is 18.4 Å². The number of thiophene rings is 1. The lowest BCUT2D eigenvalue weighted by atomic mass is 9.99. The second kappa shape index (κ2) is 5.10. The lowest BCUT2D eigenvalue weighted by molar-refractivity contribution is 0.00305. The molecule has 0 bridgehead atoms. The second-order valence-electron chi connectivity index (χ2n) is 4.49. The summed E-state index contributed by atoms with van der Waals surface area (Å²) in [7, 11) is 1.71. The molecule has 0 aromatic carbocycles. The van der Waals surface area contributed by atoms with Crippen molar-refractivity contribution in [2.45, 2.75) is 45.3 Å². The van der Waals surface area contributed by atoms with Crippen molar-refractivity contribution < 1.29 is 9.84 Å². The Kier molecular flexibility index (Phi) is 4.32. The topological polar surface area (TPSA) is 29.5 Å². The molecule has 1 aromatic rings. The molecule has 2 nitrogen and oxygen atoms in total. The third kappa shape index (κ3) is 3.59. The van der Waals surface area contributed by atoms with Crippen LogP contribution in [-0.4, -0.2) is 17.8 Å². The molecule has 1 rings (SSSR count). The molecule has 1 unspecified atom stereocenters. The molecule has 0 aliphatic rings. The van der Waals surface area contributed by atoms with Gasteiger partial charge in [0.2, 0.25) is 0 Å². The normalized spacial score (nSPS) is 14.2. The highest BCUT2D eigenvalue weighted by Crippen LogP contribution is 2.29. The molecule has 0 spiro atoms. The van der Waals surface area contributed by atoms with Gasteiger partial charge in [-0.25, -0.2) is 0 Å². The molecule has 0 aliphatic heterocycles. The highest BCUT2D eigenvalue weighted by molar-refractivity contribution is 7.10. The molecular formula is C12H20O2S. The van der Waals surface area contributed by atoms with E-state index in [2.05, 4.69) is 0 Å². The van der Waals surface area contributed by atoms with Gasteiger partial charge < -0.3 is 9.84 Å². The predicted octanol–water partition coefficient (Wildman–Crippen LogP) is 3.30. The summed E-state index contributed by atoms with van der Waals surface area (Å²) in [6, 6.07) is 2.05. The number of aliphatic hydroxyl groups is 1. The van der Waals surface area contributed by atoms with Gasteiger partial charge in [-0.15, -0.1) is 11.3 Å². The van der Waals surface area contributed by atoms with E-state index in [9.17, 15) is 5.11 Å². The summed E-state index contributed by atoms with van der Waals surface area (Å²) in [5.74, 6) is 0. The zero-order chi connectivity index (χ0) is 11.5. The summed E-state index contributed by atoms with van der Waals surface area (Å²) in [5.41, 5.74) is 1.04. The van der Waals surface area contributed by atoms with E-state index in [1.165, 1.54) is 5.56 Å². The lowest BCUT2D eigenvalue weighted by Gasteiger charge is -2.24. The van der Waals surface area contributed by atoms with Crippen LogP contribution in [0.4, 0.5) is 0 Å². The van der Waals surface area contributed by atoms with Crippen molar-refractivity contribution in [1.82, 2.24) is 0 Å². The van der Waals surface area contributed by atoms with E-state index in [4.69, 9.17) is 4.74 Å². The fourth-order valence-electron chi connectivity index (χ4n) is 1.44. The molecule has 0 radical (unpaired) electrons. The highest BCUT2D eigenvalue weighted by atomic mass is 32.1. The van der Waals surface area contributed by atoms with E-state index in [0.717, 1.165) is 17.7 Å². The van der Waals surface area contributed by atoms with Crippen LogP contribution in [-0.2, 0) is 4.74 Å². The fourth-order valence-corrected chi connectivity index (χ4v) is 2.39. The van der Waals surface area contributed by atoms with E-state index in [0.29, 0.717) is 0 Å². The Morgan fingerprint density at radius 1 is 1.53 bits per heavy atom. The third-order valence-electron chi connectivity index (χ3n) is 2.78. The van der Waals surface area contributed by atoms with Gasteiger partial charge in [0.05, 0.1) is 11.7 Å². The molecule has 0 saturated carbocycles. The van der Waals surface area contributed by atoms with Crippen LogP contribution in [0.3, 0.4) is 0 Å². The number of rotatable bonds is 5. The van der Waals surface area contributed by atoms with E-state index in [1.807, 2.05) is 32.2 Å². The minimum absolute atomic E-state index is 0.147. The Morgan fingerprint density at radius 2 is 2.20 bits per heavy atom. The van der Waals surface area contributed by atoms with Gasteiger partial charge in [-0.3, -0.25) is 0 Å². The number of methoxy groups -OCH3 is 1. The van der Waals surface area contributed by atoms with Crippen LogP contribution < -0.4 is 0 Å². The number of aryl methyl sites for hydroxylation is 1. The minimum atomic E-state index is -0.348. The first-order chi connectivity index (χ1) is 6.96. The summed E-state index contributed by atoms with van der Waals surface area (Å²) in [6.45, 7) is 6.12. The van der Waals surface area contributed by atoms with Gasteiger partial charge in [-0.2, -0.15) is 0 Å². The standard InChI is InChI=1S/C12H20O2S/c1-9-6-8-15-11(9)10(13)5-7-12(2,3)14-4/h6,8,10,13H,5,7H2,1-4H3. The Balaban J connectivity index is 2.50. The number of aliphatic hydroxyl groups excluding tert-OH is 1. The van der Waals surface area contributed by atoms with Crippen molar-refractivity contribution in [3.05, 3.63) is 21.9 Å². The zero-order valence-corrected chi connectivity index (χ0v) is 10.7. The molecule has 1 N–H and O–H groups in total. The van der Waals surface area contributed by atoms with E-state index >= 15 is 0 Å². The molecule has 1 atom stereocenters. The summed E-state index contributed by atoms with van der Waals surface area (Å²) in [4.78, 5) is 1.09. The monoisotopic (exact) mass is 228 g/mol. The second-order valence-corrected chi connectivity index (χ2v) is 5.43. The maximum Gasteiger partial charge on any atom is 0.0885 e. The van der Waals surface area contributed by atoms with Crippen LogP contribution in [0.15, 0.2) is 11.4 Å². The Morgan fingerprint density at radius 3 is 2.67 bits per heavy atom. The Bertz CT molecular complexity index is 304. The average Bonchev–Trinajstić information content (AvgIpc) is 2.61. The van der Waals surface area contributed by atoms with Gasteiger partial charge in [0, 0.05) is 12.0 Å². The van der Waals surface area contributed by atoms with Crippen LogP contribution >= 0.6 is 11.3 Å². The van der Waals surface area contributed by atoms with Crippen LogP contribution in [0.25, 0.3) is 0 Å². The van der Waals surface area contributed by atoms with E-state index in [-0.39, 0.29) is 11.7 Å². The first-order valence-electron chi connectivity index (χ1n) is 5.23. The van der Waals surface area contributed by atoms with Crippen molar-refractivity contribution in [3.63, 3.8) is 0 Å². The summed E-state index contributed by atoms with van der Waals surface area (Å²) in [6.07, 6.45) is 1.27. The number of hydrogen-bond acceptors (Lipinski definition) is 3. The summed E-state index contributed by atoms with van der Waals surface area (Å²) in [5, 5.41) is 12.0. The molecule has 1 heterocycles. The van der Waals surface area contributed by atoms with Gasteiger partial charge in [0.1, 0.15) is 0 Å². The number of ether oxygens (including phenoxy) is 1. The third-order valence-corrected chi connectivity index (χ3v) is 3.90. The quantitative estimate of drug-likeness (QED) is 0.838. The van der Waals surface area contributed by atoms with Crippen molar-refractivity contribution in [3.8, 4) is 0 Å². The van der Waals surface area contributed by atoms with Crippen LogP contribution in [0.2, 0.25) is 0 Å². The molecule has 15 heavy (non-hydrogen) atoms. The van der Waals surface area contributed by atoms with Crippen LogP contribution in [0.5, 0.6) is 0 Å². The molecule has 3 heteroatoms. The highest BCUT2D eigenvalue weighted by Gasteiger charge is 2.20. The molecule has 1 aromatic heterocycles. The van der Waals surface area contributed by atoms with Gasteiger partial charge in [-0.1, -0.05) is 0 Å². The van der Waals surface area contributed by atoms with Gasteiger partial charge >= 0.3 is 0 Å². The lowest BCUT2D eigenvalue weighted by Crippen LogP contribution is -2.23. The molecule has 0 aliphatic carbocycles. The van der Waals surface area contributed by atoms with Crippen molar-refractivity contribution >= 4 is 11.3 Å². The molecule has 0 amide bonds. The smallest absolute Gasteiger partial charge is 0.0885 e. The van der Waals surface area contributed by atoms with Crippen LogP contribution in [0.1, 0.15) is 43.2 Å². The van der Waals surface area contributed by atoms with Gasteiger partial charge in [0.25, 0.3) is 0 Å². The molecule has 86 valence electrons. The fraction of sp³-hybridized carbons (Fsp3) is 0.667. The summed E-state index contributed by atoms with van der Waals surface area (Å²) < 4.78 is 5.33. The Labute approximate surface area is 95.9 Å². The molecule has 0 saturated heterocycles. The van der Waals surface area contributed by atoms with Crippen molar-refractivity contribution in [2.24, 2.45) is 0 Å². The van der Waals surface area contributed by atoms with Crippen molar-refractivity contribution in [1.29, 1.82) is 0 Å². The van der Waals surface area contributed by atoms with Crippen LogP contribution in [0, 0.1) is 6.92 Å². The minimum Gasteiger partial charge on any atom is -0.388 e. The Hall–Kier alpha value is -0.380. The average molecular weight is 228 g/mol. The largest absolute Gasteiger partial charge is 0.388 e. The first kappa shape index (κ1) is 12.7. The van der Waals surface area contributed by atoms with Crippen molar-refractivity contribution in [2.75, 3.05) is 7.11 Å². The van der Waals surface area contributed by atoms with E-state index < -0.39 is 0 Å². The van der Waals surface area contributed by atoms with Gasteiger partial charge in [-0.05, 0) is 50.6 Å². The zero-order valence-electron chi connectivity index (χ0n) is 9.91.